The Labute approximate surface area is 192 Å². The largest absolute Gasteiger partial charge is 0.489 e. The molecule has 4 rings (SSSR count). The molecule has 164 valence electrons. The van der Waals surface area contributed by atoms with Gasteiger partial charge in [0.2, 0.25) is 0 Å². The van der Waals surface area contributed by atoms with Crippen molar-refractivity contribution in [3.8, 4) is 5.75 Å². The number of nitrogens with zero attached hydrogens (tertiary/aromatic N) is 4. The summed E-state index contributed by atoms with van der Waals surface area (Å²) >= 11 is 7.38. The van der Waals surface area contributed by atoms with Crippen LogP contribution in [0.15, 0.2) is 41.9 Å². The number of thiophene rings is 1. The van der Waals surface area contributed by atoms with Crippen LogP contribution in [0.2, 0.25) is 5.02 Å². The average molecular weight is 459 g/mol. The van der Waals surface area contributed by atoms with Gasteiger partial charge in [0.25, 0.3) is 5.91 Å². The number of aryl methyl sites for hydroxylation is 2. The lowest BCUT2D eigenvalue weighted by molar-refractivity contribution is 0.0633. The smallest absolute Gasteiger partial charge is 0.264 e. The van der Waals surface area contributed by atoms with Crippen LogP contribution < -0.4 is 4.74 Å². The maximum atomic E-state index is 12.9. The van der Waals surface area contributed by atoms with Crippen LogP contribution in [0.3, 0.4) is 0 Å². The number of rotatable bonds is 7. The number of hydrogen-bond acceptors (Lipinski definition) is 5. The summed E-state index contributed by atoms with van der Waals surface area (Å²) in [4.78, 5) is 18.1. The number of aromatic nitrogens is 2. The van der Waals surface area contributed by atoms with Crippen LogP contribution in [0.4, 0.5) is 0 Å². The topological polar surface area (TPSA) is 50.6 Å². The number of ether oxygens (including phenoxy) is 1. The number of piperazine rings is 1. The second-order valence-electron chi connectivity index (χ2n) is 7.73. The molecule has 0 spiro atoms. The van der Waals surface area contributed by atoms with Gasteiger partial charge in [0.15, 0.2) is 0 Å². The van der Waals surface area contributed by atoms with Crippen molar-refractivity contribution >= 4 is 28.8 Å². The van der Waals surface area contributed by atoms with Crippen molar-refractivity contribution in [1.82, 2.24) is 19.6 Å². The first-order valence-corrected chi connectivity index (χ1v) is 11.8. The van der Waals surface area contributed by atoms with Crippen LogP contribution in [0, 0.1) is 6.92 Å². The molecule has 1 aromatic carbocycles. The Morgan fingerprint density at radius 1 is 1.19 bits per heavy atom. The molecule has 6 nitrogen and oxygen atoms in total. The van der Waals surface area contributed by atoms with Crippen LogP contribution in [0.5, 0.6) is 5.75 Å². The first-order chi connectivity index (χ1) is 15.0. The van der Waals surface area contributed by atoms with Crippen molar-refractivity contribution in [3.63, 3.8) is 0 Å². The molecule has 2 aromatic heterocycles. The molecule has 0 bridgehead atoms. The van der Waals surface area contributed by atoms with Crippen LogP contribution in [0.1, 0.15) is 33.4 Å². The molecule has 0 radical (unpaired) electrons. The van der Waals surface area contributed by atoms with E-state index in [1.54, 1.807) is 12.1 Å². The zero-order valence-corrected chi connectivity index (χ0v) is 19.5. The highest BCUT2D eigenvalue weighted by Crippen LogP contribution is 2.21. The maximum Gasteiger partial charge on any atom is 0.264 e. The number of carbonyl (C=O) groups is 1. The first kappa shape index (κ1) is 21.9. The lowest BCUT2D eigenvalue weighted by atomic mass is 10.2. The summed E-state index contributed by atoms with van der Waals surface area (Å²) in [6.07, 6.45) is 2.13. The van der Waals surface area contributed by atoms with E-state index < -0.39 is 0 Å². The van der Waals surface area contributed by atoms with Gasteiger partial charge in [-0.3, -0.25) is 14.4 Å². The predicted molar refractivity (Wildman–Crippen MR) is 124 cm³/mol. The minimum atomic E-state index is 0.109. The fourth-order valence-corrected chi connectivity index (χ4v) is 4.63. The number of halogens is 1. The summed E-state index contributed by atoms with van der Waals surface area (Å²) in [6.45, 7) is 9.61. The van der Waals surface area contributed by atoms with E-state index in [1.165, 1.54) is 16.9 Å². The van der Waals surface area contributed by atoms with E-state index in [1.807, 2.05) is 33.2 Å². The molecule has 1 fully saturated rings. The molecule has 8 heteroatoms. The van der Waals surface area contributed by atoms with Crippen molar-refractivity contribution < 1.29 is 9.53 Å². The van der Waals surface area contributed by atoms with Gasteiger partial charge < -0.3 is 9.64 Å². The average Bonchev–Trinajstić information content (AvgIpc) is 3.40. The highest BCUT2D eigenvalue weighted by atomic mass is 35.5. The molecule has 3 aromatic rings. The minimum Gasteiger partial charge on any atom is -0.489 e. The molecule has 0 N–H and O–H groups in total. The Morgan fingerprint density at radius 3 is 2.61 bits per heavy atom. The molecule has 1 amide bonds. The lowest BCUT2D eigenvalue weighted by Crippen LogP contribution is -2.48. The maximum absolute atomic E-state index is 12.9. The summed E-state index contributed by atoms with van der Waals surface area (Å²) in [5.41, 5.74) is 3.36. The van der Waals surface area contributed by atoms with Gasteiger partial charge in [-0.25, -0.2) is 0 Å². The Bertz CT molecular complexity index is 1020. The minimum absolute atomic E-state index is 0.109. The van der Waals surface area contributed by atoms with Gasteiger partial charge in [0.05, 0.1) is 10.6 Å². The SMILES string of the molecule is CCn1cc(CN2CCN(C(=O)c3cc(COc4ccc(Cl)cc4)cs3)CC2)c(C)n1. The van der Waals surface area contributed by atoms with Crippen LogP contribution in [-0.4, -0.2) is 51.7 Å². The quantitative estimate of drug-likeness (QED) is 0.524. The highest BCUT2D eigenvalue weighted by Gasteiger charge is 2.24. The van der Waals surface area contributed by atoms with E-state index in [2.05, 4.69) is 30.0 Å². The van der Waals surface area contributed by atoms with Gasteiger partial charge in [-0.2, -0.15) is 5.10 Å². The first-order valence-electron chi connectivity index (χ1n) is 10.5. The van der Waals surface area contributed by atoms with Gasteiger partial charge in [-0.15, -0.1) is 11.3 Å². The summed E-state index contributed by atoms with van der Waals surface area (Å²) in [5.74, 6) is 0.872. The molecule has 0 saturated carbocycles. The molecule has 31 heavy (non-hydrogen) atoms. The molecule has 1 saturated heterocycles. The third-order valence-electron chi connectivity index (χ3n) is 5.51. The third kappa shape index (κ3) is 5.47. The van der Waals surface area contributed by atoms with Gasteiger partial charge in [-0.1, -0.05) is 11.6 Å². The summed E-state index contributed by atoms with van der Waals surface area (Å²) < 4.78 is 7.77. The van der Waals surface area contributed by atoms with Crippen molar-refractivity contribution in [3.05, 3.63) is 68.6 Å². The van der Waals surface area contributed by atoms with Crippen molar-refractivity contribution in [1.29, 1.82) is 0 Å². The van der Waals surface area contributed by atoms with Gasteiger partial charge in [-0.05, 0) is 49.6 Å². The predicted octanol–water partition coefficient (Wildman–Crippen LogP) is 4.46. The molecule has 0 atom stereocenters. The van der Waals surface area contributed by atoms with E-state index in [-0.39, 0.29) is 5.91 Å². The van der Waals surface area contributed by atoms with Gasteiger partial charge >= 0.3 is 0 Å². The third-order valence-corrected chi connectivity index (χ3v) is 6.73. The molecule has 0 aliphatic carbocycles. The van der Waals surface area contributed by atoms with Crippen molar-refractivity contribution in [2.75, 3.05) is 26.2 Å². The molecule has 3 heterocycles. The van der Waals surface area contributed by atoms with Crippen LogP contribution in [-0.2, 0) is 19.7 Å². The summed E-state index contributed by atoms with van der Waals surface area (Å²) in [6, 6.07) is 9.23. The Balaban J connectivity index is 1.27. The van der Waals surface area contributed by atoms with Crippen LogP contribution in [0.25, 0.3) is 0 Å². The van der Waals surface area contributed by atoms with Crippen LogP contribution >= 0.6 is 22.9 Å². The number of carbonyl (C=O) groups excluding carboxylic acids is 1. The molecule has 1 aliphatic heterocycles. The van der Waals surface area contributed by atoms with E-state index in [9.17, 15) is 4.79 Å². The van der Waals surface area contributed by atoms with Gasteiger partial charge in [0, 0.05) is 61.6 Å². The van der Waals surface area contributed by atoms with E-state index >= 15 is 0 Å². The number of amides is 1. The van der Waals surface area contributed by atoms with E-state index in [4.69, 9.17) is 16.3 Å². The standard InChI is InChI=1S/C23H27ClN4O2S/c1-3-28-14-19(17(2)25-28)13-26-8-10-27(11-9-26)23(29)22-12-18(16-31-22)15-30-21-6-4-20(24)5-7-21/h4-7,12,14,16H,3,8-11,13,15H2,1-2H3. The second-order valence-corrected chi connectivity index (χ2v) is 9.07. The lowest BCUT2D eigenvalue weighted by Gasteiger charge is -2.34. The fourth-order valence-electron chi connectivity index (χ4n) is 3.64. The number of benzene rings is 1. The zero-order chi connectivity index (χ0) is 21.8. The fraction of sp³-hybridized carbons (Fsp3) is 0.391. The molecule has 0 unspecified atom stereocenters. The van der Waals surface area contributed by atoms with Crippen molar-refractivity contribution in [2.45, 2.75) is 33.5 Å². The summed E-state index contributed by atoms with van der Waals surface area (Å²) in [5, 5.41) is 7.20. The summed E-state index contributed by atoms with van der Waals surface area (Å²) in [7, 11) is 0. The molecule has 1 aliphatic rings. The Hall–Kier alpha value is -2.35. The Kier molecular flexibility index (Phi) is 6.95. The Morgan fingerprint density at radius 2 is 1.94 bits per heavy atom. The van der Waals surface area contributed by atoms with E-state index in [0.29, 0.717) is 11.6 Å². The highest BCUT2D eigenvalue weighted by molar-refractivity contribution is 7.12. The normalized spacial score (nSPS) is 14.7. The second kappa shape index (κ2) is 9.85. The van der Waals surface area contributed by atoms with E-state index in [0.717, 1.165) is 61.2 Å². The molecular weight excluding hydrogens is 432 g/mol. The monoisotopic (exact) mass is 458 g/mol. The van der Waals surface area contributed by atoms with Gasteiger partial charge in [0.1, 0.15) is 12.4 Å². The van der Waals surface area contributed by atoms with Crippen molar-refractivity contribution in [2.24, 2.45) is 0 Å². The number of hydrogen-bond donors (Lipinski definition) is 0. The zero-order valence-electron chi connectivity index (χ0n) is 17.9. The molecular formula is C23H27ClN4O2S.